The number of halogens is 3. The van der Waals surface area contributed by atoms with Crippen molar-refractivity contribution in [3.05, 3.63) is 12.2 Å². The maximum absolute atomic E-state index is 11.8. The quantitative estimate of drug-likeness (QED) is 0.480. The molecule has 0 radical (unpaired) electrons. The van der Waals surface area contributed by atoms with E-state index in [4.69, 9.17) is 4.74 Å². The largest absolute Gasteiger partial charge is 0.389 e. The van der Waals surface area contributed by atoms with Crippen LogP contribution in [0.15, 0.2) is 12.2 Å². The van der Waals surface area contributed by atoms with E-state index in [-0.39, 0.29) is 6.42 Å². The number of epoxide rings is 1. The van der Waals surface area contributed by atoms with Crippen LogP contribution in [-0.4, -0.2) is 18.4 Å². The summed E-state index contributed by atoms with van der Waals surface area (Å²) in [7, 11) is 0. The zero-order valence-electron chi connectivity index (χ0n) is 6.82. The Morgan fingerprint density at radius 1 is 1.50 bits per heavy atom. The first-order valence-electron chi connectivity index (χ1n) is 3.82. The molecule has 0 aromatic rings. The average Bonchev–Trinajstić information content (AvgIpc) is 2.65. The summed E-state index contributed by atoms with van der Waals surface area (Å²) in [6.07, 6.45) is -1.37. The molecule has 0 amide bonds. The summed E-state index contributed by atoms with van der Waals surface area (Å²) < 4.78 is 40.3. The van der Waals surface area contributed by atoms with Gasteiger partial charge in [-0.05, 0) is 13.3 Å². The molecule has 0 spiro atoms. The first kappa shape index (κ1) is 9.58. The molecule has 12 heavy (non-hydrogen) atoms. The molecule has 0 saturated carbocycles. The third-order valence-electron chi connectivity index (χ3n) is 1.82. The molecule has 1 unspecified atom stereocenters. The summed E-state index contributed by atoms with van der Waals surface area (Å²) in [6.45, 7) is 2.20. The molecule has 0 bridgehead atoms. The van der Waals surface area contributed by atoms with E-state index in [1.807, 2.05) is 0 Å². The monoisotopic (exact) mass is 180 g/mol. The van der Waals surface area contributed by atoms with Crippen LogP contribution in [-0.2, 0) is 4.74 Å². The molecule has 4 heteroatoms. The topological polar surface area (TPSA) is 12.5 Å². The van der Waals surface area contributed by atoms with Crippen molar-refractivity contribution in [1.29, 1.82) is 0 Å². The van der Waals surface area contributed by atoms with Gasteiger partial charge in [-0.2, -0.15) is 13.2 Å². The molecule has 1 nitrogen and oxygen atoms in total. The maximum atomic E-state index is 11.8. The zero-order valence-corrected chi connectivity index (χ0v) is 6.82. The Hall–Kier alpha value is -0.510. The smallest absolute Gasteiger partial charge is 0.365 e. The Labute approximate surface area is 69.2 Å². The lowest BCUT2D eigenvalue weighted by Gasteiger charge is -2.08. The van der Waals surface area contributed by atoms with Crippen molar-refractivity contribution in [2.75, 3.05) is 6.61 Å². The van der Waals surface area contributed by atoms with Gasteiger partial charge in [-0.15, -0.1) is 0 Å². The van der Waals surface area contributed by atoms with Gasteiger partial charge in [0.05, 0.1) is 6.61 Å². The fraction of sp³-hybridized carbons (Fsp3) is 0.750. The van der Waals surface area contributed by atoms with Crippen molar-refractivity contribution < 1.29 is 17.9 Å². The van der Waals surface area contributed by atoms with Gasteiger partial charge in [0.2, 0.25) is 0 Å². The Balaban J connectivity index is 2.32. The van der Waals surface area contributed by atoms with Gasteiger partial charge in [0, 0.05) is 6.42 Å². The molecule has 1 heterocycles. The first-order valence-corrected chi connectivity index (χ1v) is 3.82. The molecule has 0 aromatic heterocycles. The lowest BCUT2D eigenvalue weighted by atomic mass is 10.0. The number of alkyl halides is 3. The van der Waals surface area contributed by atoms with Crippen LogP contribution in [0.2, 0.25) is 0 Å². The molecule has 1 aliphatic heterocycles. The van der Waals surface area contributed by atoms with Crippen LogP contribution in [0.4, 0.5) is 13.2 Å². The van der Waals surface area contributed by atoms with Gasteiger partial charge in [-0.25, -0.2) is 0 Å². The van der Waals surface area contributed by atoms with Crippen LogP contribution in [0, 0.1) is 0 Å². The summed E-state index contributed by atoms with van der Waals surface area (Å²) in [5, 5.41) is 0. The number of allylic oxidation sites excluding steroid dienone is 1. The number of rotatable bonds is 3. The van der Waals surface area contributed by atoms with Crippen molar-refractivity contribution in [3.63, 3.8) is 0 Å². The van der Waals surface area contributed by atoms with Gasteiger partial charge >= 0.3 is 6.18 Å². The second kappa shape index (κ2) is 3.09. The molecule has 1 atom stereocenters. The highest BCUT2D eigenvalue weighted by molar-refractivity contribution is 5.09. The van der Waals surface area contributed by atoms with Crippen molar-refractivity contribution in [2.45, 2.75) is 31.5 Å². The normalized spacial score (nSPS) is 29.7. The molecule has 1 rings (SSSR count). The minimum atomic E-state index is -4.07. The number of ether oxygens (including phenoxy) is 1. The van der Waals surface area contributed by atoms with Crippen molar-refractivity contribution in [3.8, 4) is 0 Å². The predicted octanol–water partition coefficient (Wildman–Crippen LogP) is 2.67. The first-order chi connectivity index (χ1) is 5.47. The fourth-order valence-corrected chi connectivity index (χ4v) is 1.07. The Morgan fingerprint density at radius 2 is 2.08 bits per heavy atom. The summed E-state index contributed by atoms with van der Waals surface area (Å²) >= 11 is 0. The van der Waals surface area contributed by atoms with E-state index in [1.54, 1.807) is 19.1 Å². The van der Waals surface area contributed by atoms with E-state index in [0.717, 1.165) is 0 Å². The van der Waals surface area contributed by atoms with Crippen LogP contribution in [0.25, 0.3) is 0 Å². The van der Waals surface area contributed by atoms with Gasteiger partial charge < -0.3 is 4.74 Å². The Bertz CT molecular complexity index is 179. The number of hydrogen-bond donors (Lipinski definition) is 0. The SMILES string of the molecule is CC=CC1(CCC(F)(F)F)CO1. The fourth-order valence-electron chi connectivity index (χ4n) is 1.07. The second-order valence-corrected chi connectivity index (χ2v) is 2.97. The van der Waals surface area contributed by atoms with E-state index < -0.39 is 18.2 Å². The summed E-state index contributed by atoms with van der Waals surface area (Å²) in [6, 6.07) is 0. The highest BCUT2D eigenvalue weighted by Gasteiger charge is 2.44. The van der Waals surface area contributed by atoms with Crippen LogP contribution in [0.3, 0.4) is 0 Å². The van der Waals surface area contributed by atoms with Gasteiger partial charge in [0.15, 0.2) is 0 Å². The van der Waals surface area contributed by atoms with E-state index in [0.29, 0.717) is 6.61 Å². The van der Waals surface area contributed by atoms with E-state index in [9.17, 15) is 13.2 Å². The van der Waals surface area contributed by atoms with E-state index in [1.165, 1.54) is 0 Å². The molecular weight excluding hydrogens is 169 g/mol. The van der Waals surface area contributed by atoms with Crippen molar-refractivity contribution in [2.24, 2.45) is 0 Å². The molecule has 0 N–H and O–H groups in total. The highest BCUT2D eigenvalue weighted by Crippen LogP contribution is 2.37. The molecule has 0 aliphatic carbocycles. The average molecular weight is 180 g/mol. The summed E-state index contributed by atoms with van der Waals surface area (Å²) in [4.78, 5) is 0. The molecule has 0 aromatic carbocycles. The van der Waals surface area contributed by atoms with E-state index in [2.05, 4.69) is 0 Å². The van der Waals surface area contributed by atoms with Crippen LogP contribution >= 0.6 is 0 Å². The van der Waals surface area contributed by atoms with Crippen LogP contribution in [0.5, 0.6) is 0 Å². The lowest BCUT2D eigenvalue weighted by Crippen LogP contribution is -2.14. The molecule has 1 aliphatic rings. The Morgan fingerprint density at radius 3 is 2.42 bits per heavy atom. The van der Waals surface area contributed by atoms with Crippen LogP contribution in [0.1, 0.15) is 19.8 Å². The van der Waals surface area contributed by atoms with E-state index >= 15 is 0 Å². The van der Waals surface area contributed by atoms with Crippen LogP contribution < -0.4 is 0 Å². The van der Waals surface area contributed by atoms with Gasteiger partial charge in [-0.3, -0.25) is 0 Å². The molecule has 70 valence electrons. The minimum absolute atomic E-state index is 0.0425. The standard InChI is InChI=1S/C8H11F3O/c1-2-3-7(6-12-7)4-5-8(9,10)11/h2-3H,4-6H2,1H3. The highest BCUT2D eigenvalue weighted by atomic mass is 19.4. The third kappa shape index (κ3) is 2.85. The minimum Gasteiger partial charge on any atom is -0.365 e. The van der Waals surface area contributed by atoms with Gasteiger partial charge in [0.1, 0.15) is 5.60 Å². The summed E-state index contributed by atoms with van der Waals surface area (Å²) in [5.41, 5.74) is -0.593. The zero-order chi connectivity index (χ0) is 9.24. The third-order valence-corrected chi connectivity index (χ3v) is 1.82. The number of hydrogen-bond acceptors (Lipinski definition) is 1. The second-order valence-electron chi connectivity index (χ2n) is 2.97. The Kier molecular flexibility index (Phi) is 2.46. The van der Waals surface area contributed by atoms with Gasteiger partial charge in [0.25, 0.3) is 0 Å². The van der Waals surface area contributed by atoms with Crippen molar-refractivity contribution in [1.82, 2.24) is 0 Å². The van der Waals surface area contributed by atoms with Gasteiger partial charge in [-0.1, -0.05) is 12.2 Å². The molecule has 1 saturated heterocycles. The lowest BCUT2D eigenvalue weighted by molar-refractivity contribution is -0.137. The maximum Gasteiger partial charge on any atom is 0.389 e. The summed E-state index contributed by atoms with van der Waals surface area (Å²) in [5.74, 6) is 0. The molecule has 1 fully saturated rings. The molecular formula is C8H11F3O. The van der Waals surface area contributed by atoms with Crippen molar-refractivity contribution >= 4 is 0 Å². The predicted molar refractivity (Wildman–Crippen MR) is 38.8 cm³/mol.